The number of aromatic nitrogens is 1. The monoisotopic (exact) mass is 227 g/mol. The number of hydrogen-bond donors (Lipinski definition) is 0. The Bertz CT molecular complexity index is 323. The minimum absolute atomic E-state index is 0.0617. The lowest BCUT2D eigenvalue weighted by Crippen LogP contribution is -2.23. The molecule has 1 rings (SSSR count). The average molecular weight is 228 g/mol. The molecule has 0 aliphatic carbocycles. The van der Waals surface area contributed by atoms with Gasteiger partial charge in [0.1, 0.15) is 5.75 Å². The summed E-state index contributed by atoms with van der Waals surface area (Å²) >= 11 is 6.04. The van der Waals surface area contributed by atoms with E-state index in [1.54, 1.807) is 13.3 Å². The molecule has 0 spiro atoms. The quantitative estimate of drug-likeness (QED) is 0.736. The Hall–Kier alpha value is -0.760. The largest absolute Gasteiger partial charge is 0.495 e. The normalized spacial score (nSPS) is 13.7. The van der Waals surface area contributed by atoms with Gasteiger partial charge < -0.3 is 4.74 Å². The molecule has 0 aliphatic heterocycles. The first kappa shape index (κ1) is 12.3. The highest BCUT2D eigenvalue weighted by molar-refractivity contribution is 6.20. The molecule has 3 heteroatoms. The second-order valence-electron chi connectivity index (χ2n) is 4.42. The Kier molecular flexibility index (Phi) is 3.97. The van der Waals surface area contributed by atoms with Crippen molar-refractivity contribution in [2.75, 3.05) is 7.11 Å². The van der Waals surface area contributed by atoms with Gasteiger partial charge in [0.2, 0.25) is 0 Å². The van der Waals surface area contributed by atoms with Gasteiger partial charge in [-0.05, 0) is 25.5 Å². The van der Waals surface area contributed by atoms with Gasteiger partial charge in [-0.25, -0.2) is 0 Å². The van der Waals surface area contributed by atoms with Crippen molar-refractivity contribution < 1.29 is 4.74 Å². The van der Waals surface area contributed by atoms with Crippen molar-refractivity contribution in [3.63, 3.8) is 0 Å². The van der Waals surface area contributed by atoms with Gasteiger partial charge in [0.25, 0.3) is 0 Å². The van der Waals surface area contributed by atoms with Crippen LogP contribution in [0.5, 0.6) is 5.75 Å². The highest BCUT2D eigenvalue weighted by atomic mass is 35.5. The summed E-state index contributed by atoms with van der Waals surface area (Å²) in [6.07, 6.45) is 2.67. The van der Waals surface area contributed by atoms with Crippen LogP contribution in [-0.2, 0) is 5.41 Å². The lowest BCUT2D eigenvalue weighted by Gasteiger charge is -2.26. The molecule has 84 valence electrons. The van der Waals surface area contributed by atoms with E-state index in [0.29, 0.717) is 0 Å². The topological polar surface area (TPSA) is 22.1 Å². The number of ether oxygens (including phenoxy) is 1. The summed E-state index contributed by atoms with van der Waals surface area (Å²) in [7, 11) is 1.67. The van der Waals surface area contributed by atoms with E-state index in [2.05, 4.69) is 18.8 Å². The maximum Gasteiger partial charge on any atom is 0.140 e. The van der Waals surface area contributed by atoms with E-state index < -0.39 is 0 Å². The Morgan fingerprint density at radius 1 is 1.53 bits per heavy atom. The summed E-state index contributed by atoms with van der Waals surface area (Å²) in [6.45, 7) is 6.27. The second-order valence-corrected chi connectivity index (χ2v) is 5.17. The zero-order valence-electron chi connectivity index (χ0n) is 9.75. The molecule has 0 N–H and O–H groups in total. The molecule has 1 atom stereocenters. The molecule has 0 aliphatic rings. The van der Waals surface area contributed by atoms with Gasteiger partial charge in [-0.2, -0.15) is 0 Å². The third-order valence-electron chi connectivity index (χ3n) is 2.42. The maximum atomic E-state index is 6.04. The van der Waals surface area contributed by atoms with Crippen molar-refractivity contribution in [3.8, 4) is 5.75 Å². The van der Waals surface area contributed by atoms with Gasteiger partial charge in [-0.1, -0.05) is 13.8 Å². The first-order chi connectivity index (χ1) is 6.97. The lowest BCUT2D eigenvalue weighted by molar-refractivity contribution is 0.377. The van der Waals surface area contributed by atoms with Gasteiger partial charge in [-0.15, -0.1) is 11.6 Å². The Morgan fingerprint density at radius 3 is 2.73 bits per heavy atom. The Balaban J connectivity index is 3.02. The van der Waals surface area contributed by atoms with Crippen LogP contribution in [0.25, 0.3) is 0 Å². The van der Waals surface area contributed by atoms with E-state index in [9.17, 15) is 0 Å². The number of halogens is 1. The van der Waals surface area contributed by atoms with Crippen molar-refractivity contribution in [3.05, 3.63) is 24.0 Å². The number of nitrogens with zero attached hydrogens (tertiary/aromatic N) is 1. The smallest absolute Gasteiger partial charge is 0.140 e. The average Bonchev–Trinajstić information content (AvgIpc) is 2.16. The number of pyridine rings is 1. The summed E-state index contributed by atoms with van der Waals surface area (Å²) in [5, 5.41) is 0.131. The molecule has 0 bridgehead atoms. The van der Waals surface area contributed by atoms with Gasteiger partial charge in [0, 0.05) is 17.0 Å². The van der Waals surface area contributed by atoms with E-state index in [0.717, 1.165) is 17.9 Å². The second kappa shape index (κ2) is 4.84. The van der Waals surface area contributed by atoms with E-state index in [4.69, 9.17) is 16.3 Å². The highest BCUT2D eigenvalue weighted by Crippen LogP contribution is 2.34. The van der Waals surface area contributed by atoms with Gasteiger partial charge in [0.05, 0.1) is 12.8 Å². The third-order valence-corrected chi connectivity index (χ3v) is 2.58. The standard InChI is InChI=1S/C12H18ClNO/c1-9(13)8-12(2,3)11-10(15-4)6-5-7-14-11/h5-7,9H,8H2,1-4H3. The summed E-state index contributed by atoms with van der Waals surface area (Å²) in [4.78, 5) is 4.39. The van der Waals surface area contributed by atoms with Gasteiger partial charge >= 0.3 is 0 Å². The first-order valence-corrected chi connectivity index (χ1v) is 5.54. The molecule has 0 amide bonds. The predicted molar refractivity (Wildman–Crippen MR) is 63.7 cm³/mol. The molecule has 15 heavy (non-hydrogen) atoms. The molecule has 1 aromatic rings. The summed E-state index contributed by atoms with van der Waals surface area (Å²) in [6, 6.07) is 3.81. The van der Waals surface area contributed by atoms with Crippen molar-refractivity contribution in [2.24, 2.45) is 0 Å². The zero-order chi connectivity index (χ0) is 11.5. The minimum atomic E-state index is -0.0617. The number of hydrogen-bond acceptors (Lipinski definition) is 2. The van der Waals surface area contributed by atoms with Crippen molar-refractivity contribution in [2.45, 2.75) is 38.0 Å². The Labute approximate surface area is 96.6 Å². The van der Waals surface area contributed by atoms with E-state index in [1.807, 2.05) is 19.1 Å². The van der Waals surface area contributed by atoms with Crippen LogP contribution < -0.4 is 4.74 Å². The fourth-order valence-electron chi connectivity index (χ4n) is 1.86. The van der Waals surface area contributed by atoms with E-state index in [-0.39, 0.29) is 10.8 Å². The maximum absolute atomic E-state index is 6.04. The fraction of sp³-hybridized carbons (Fsp3) is 0.583. The van der Waals surface area contributed by atoms with Crippen molar-refractivity contribution >= 4 is 11.6 Å². The van der Waals surface area contributed by atoms with Crippen LogP contribution in [0.1, 0.15) is 32.9 Å². The van der Waals surface area contributed by atoms with Crippen LogP contribution in [0.4, 0.5) is 0 Å². The van der Waals surface area contributed by atoms with Gasteiger partial charge in [-0.3, -0.25) is 4.98 Å². The summed E-state index contributed by atoms with van der Waals surface area (Å²) in [5.74, 6) is 0.833. The number of methoxy groups -OCH3 is 1. The molecular weight excluding hydrogens is 210 g/mol. The SMILES string of the molecule is COc1cccnc1C(C)(C)CC(C)Cl. The molecular formula is C12H18ClNO. The Morgan fingerprint density at radius 2 is 2.20 bits per heavy atom. The van der Waals surface area contributed by atoms with Crippen LogP contribution in [0, 0.1) is 0 Å². The first-order valence-electron chi connectivity index (χ1n) is 5.11. The highest BCUT2D eigenvalue weighted by Gasteiger charge is 2.27. The fourth-order valence-corrected chi connectivity index (χ4v) is 2.25. The molecule has 0 saturated heterocycles. The molecule has 0 saturated carbocycles. The zero-order valence-corrected chi connectivity index (χ0v) is 10.5. The van der Waals surface area contributed by atoms with Crippen LogP contribution in [-0.4, -0.2) is 17.5 Å². The molecule has 2 nitrogen and oxygen atoms in total. The molecule has 1 unspecified atom stereocenters. The van der Waals surface area contributed by atoms with E-state index >= 15 is 0 Å². The molecule has 0 radical (unpaired) electrons. The van der Waals surface area contributed by atoms with Gasteiger partial charge in [0.15, 0.2) is 0 Å². The number of rotatable bonds is 4. The molecule has 1 aromatic heterocycles. The summed E-state index contributed by atoms with van der Waals surface area (Å²) < 4.78 is 5.31. The molecule has 0 aromatic carbocycles. The van der Waals surface area contributed by atoms with Crippen LogP contribution >= 0.6 is 11.6 Å². The molecule has 0 fully saturated rings. The van der Waals surface area contributed by atoms with Crippen LogP contribution in [0.2, 0.25) is 0 Å². The van der Waals surface area contributed by atoms with Crippen molar-refractivity contribution in [1.29, 1.82) is 0 Å². The number of alkyl halides is 1. The third kappa shape index (κ3) is 3.10. The predicted octanol–water partition coefficient (Wildman–Crippen LogP) is 3.39. The minimum Gasteiger partial charge on any atom is -0.495 e. The molecule has 1 heterocycles. The van der Waals surface area contributed by atoms with E-state index in [1.165, 1.54) is 0 Å². The van der Waals surface area contributed by atoms with Crippen LogP contribution in [0.3, 0.4) is 0 Å². The van der Waals surface area contributed by atoms with Crippen LogP contribution in [0.15, 0.2) is 18.3 Å². The lowest BCUT2D eigenvalue weighted by atomic mass is 9.83. The summed E-state index contributed by atoms with van der Waals surface area (Å²) in [5.41, 5.74) is 0.910. The van der Waals surface area contributed by atoms with Crippen molar-refractivity contribution in [1.82, 2.24) is 4.98 Å².